The van der Waals surface area contributed by atoms with Crippen LogP contribution < -0.4 is 5.73 Å². The lowest BCUT2D eigenvalue weighted by Gasteiger charge is -2.19. The Hall–Kier alpha value is -2.81. The first-order valence-electron chi connectivity index (χ1n) is 22.1. The molecule has 0 heterocycles. The van der Waals surface area contributed by atoms with Crippen LogP contribution in [0.1, 0.15) is 168 Å². The van der Waals surface area contributed by atoms with Gasteiger partial charge >= 0.3 is 19.8 Å². The van der Waals surface area contributed by atoms with Crippen molar-refractivity contribution in [3.63, 3.8) is 0 Å². The zero-order valence-corrected chi connectivity index (χ0v) is 36.7. The van der Waals surface area contributed by atoms with E-state index in [0.717, 1.165) is 44.9 Å². The third-order valence-electron chi connectivity index (χ3n) is 8.77. The largest absolute Gasteiger partial charge is 0.472 e. The maximum absolute atomic E-state index is 12.5. The van der Waals surface area contributed by atoms with Crippen molar-refractivity contribution >= 4 is 19.8 Å². The fourth-order valence-electron chi connectivity index (χ4n) is 5.48. The van der Waals surface area contributed by atoms with E-state index in [1.54, 1.807) is 0 Å². The molecule has 0 saturated carbocycles. The fraction of sp³-hybridized carbons (Fsp3) is 0.660. The highest BCUT2D eigenvalue weighted by molar-refractivity contribution is 7.47. The topological polar surface area (TPSA) is 134 Å². The summed E-state index contributed by atoms with van der Waals surface area (Å²) in [4.78, 5) is 34.8. The van der Waals surface area contributed by atoms with Gasteiger partial charge in [-0.1, -0.05) is 163 Å². The van der Waals surface area contributed by atoms with Crippen LogP contribution in [-0.4, -0.2) is 49.3 Å². The Kier molecular flexibility index (Phi) is 40.7. The van der Waals surface area contributed by atoms with Gasteiger partial charge in [-0.25, -0.2) is 4.57 Å². The lowest BCUT2D eigenvalue weighted by molar-refractivity contribution is -0.161. The molecule has 0 aromatic carbocycles. The molecule has 0 bridgehead atoms. The Morgan fingerprint density at radius 3 is 1.46 bits per heavy atom. The van der Waals surface area contributed by atoms with Crippen LogP contribution in [0.5, 0.6) is 0 Å². The smallest absolute Gasteiger partial charge is 0.462 e. The molecule has 0 saturated heterocycles. The summed E-state index contributed by atoms with van der Waals surface area (Å²) in [7, 11) is -4.41. The number of hydrogen-bond acceptors (Lipinski definition) is 8. The molecular formula is C47H80NO8P. The Morgan fingerprint density at radius 1 is 0.526 bits per heavy atom. The number of carbonyl (C=O) groups is 2. The molecule has 1 unspecified atom stereocenters. The highest BCUT2D eigenvalue weighted by Crippen LogP contribution is 2.43. The lowest BCUT2D eigenvalue weighted by Crippen LogP contribution is -2.29. The Labute approximate surface area is 347 Å². The minimum atomic E-state index is -4.41. The van der Waals surface area contributed by atoms with Gasteiger partial charge in [0, 0.05) is 19.4 Å². The zero-order chi connectivity index (χ0) is 41.8. The van der Waals surface area contributed by atoms with Gasteiger partial charge in [-0.05, 0) is 77.0 Å². The van der Waals surface area contributed by atoms with Crippen molar-refractivity contribution in [2.24, 2.45) is 5.73 Å². The van der Waals surface area contributed by atoms with E-state index < -0.39 is 32.5 Å². The van der Waals surface area contributed by atoms with Gasteiger partial charge in [0.1, 0.15) is 6.61 Å². The van der Waals surface area contributed by atoms with Crippen molar-refractivity contribution in [2.45, 2.75) is 174 Å². The molecule has 0 spiro atoms. The number of allylic oxidation sites excluding steroid dienone is 14. The van der Waals surface area contributed by atoms with Crippen LogP contribution in [0, 0.1) is 0 Å². The molecule has 9 nitrogen and oxygen atoms in total. The quantitative estimate of drug-likeness (QED) is 0.0268. The Morgan fingerprint density at radius 2 is 0.947 bits per heavy atom. The fourth-order valence-corrected chi connectivity index (χ4v) is 6.24. The van der Waals surface area contributed by atoms with E-state index in [1.165, 1.54) is 83.5 Å². The molecule has 0 fully saturated rings. The maximum Gasteiger partial charge on any atom is 0.472 e. The number of carbonyl (C=O) groups excluding carboxylic acids is 2. The van der Waals surface area contributed by atoms with Crippen molar-refractivity contribution in [2.75, 3.05) is 26.4 Å². The second-order valence-corrected chi connectivity index (χ2v) is 15.7. The molecule has 0 aliphatic rings. The zero-order valence-electron chi connectivity index (χ0n) is 35.8. The number of phosphoric acid groups is 1. The number of rotatable bonds is 40. The summed E-state index contributed by atoms with van der Waals surface area (Å²) in [5.41, 5.74) is 5.34. The molecule has 0 aliphatic heterocycles. The third kappa shape index (κ3) is 42.6. The number of hydrogen-bond donors (Lipinski definition) is 2. The highest BCUT2D eigenvalue weighted by Gasteiger charge is 2.25. The number of ether oxygens (including phenoxy) is 2. The second kappa shape index (κ2) is 42.8. The van der Waals surface area contributed by atoms with Gasteiger partial charge in [-0.2, -0.15) is 0 Å². The molecule has 0 amide bonds. The van der Waals surface area contributed by atoms with E-state index >= 15 is 0 Å². The molecule has 2 atom stereocenters. The molecule has 0 rings (SSSR count). The lowest BCUT2D eigenvalue weighted by atomic mass is 10.1. The van der Waals surface area contributed by atoms with Crippen LogP contribution in [0.3, 0.4) is 0 Å². The van der Waals surface area contributed by atoms with Gasteiger partial charge in [-0.3, -0.25) is 18.6 Å². The number of nitrogens with two attached hydrogens (primary N) is 1. The second-order valence-electron chi connectivity index (χ2n) is 14.2. The predicted octanol–water partition coefficient (Wildman–Crippen LogP) is 12.8. The van der Waals surface area contributed by atoms with Crippen LogP contribution >= 0.6 is 7.82 Å². The number of phosphoric ester groups is 1. The predicted molar refractivity (Wildman–Crippen MR) is 238 cm³/mol. The Balaban J connectivity index is 4.35. The van der Waals surface area contributed by atoms with Crippen LogP contribution in [-0.2, 0) is 32.7 Å². The monoisotopic (exact) mass is 818 g/mol. The average molecular weight is 818 g/mol. The van der Waals surface area contributed by atoms with Crippen molar-refractivity contribution in [1.29, 1.82) is 0 Å². The normalized spacial score (nSPS) is 14.1. The SMILES string of the molecule is CCCCC/C=C/C/C=C/C/C=C/C/C=C/C/C=C/CCC(=O)O[C@H](COC(=O)CCC/C=C/C/C=C/CCCCCCCCCCC)COP(=O)(O)OCCN. The number of unbranched alkanes of at least 4 members (excludes halogenated alkanes) is 13. The summed E-state index contributed by atoms with van der Waals surface area (Å²) in [5, 5.41) is 0. The molecular weight excluding hydrogens is 737 g/mol. The summed E-state index contributed by atoms with van der Waals surface area (Å²) in [6.07, 6.45) is 53.5. The van der Waals surface area contributed by atoms with E-state index in [2.05, 4.69) is 86.8 Å². The first kappa shape index (κ1) is 54.2. The van der Waals surface area contributed by atoms with Crippen LogP contribution in [0.2, 0.25) is 0 Å². The van der Waals surface area contributed by atoms with Crippen LogP contribution in [0.15, 0.2) is 85.1 Å². The molecule has 0 aromatic rings. The number of esters is 2. The van der Waals surface area contributed by atoms with Gasteiger partial charge in [0.2, 0.25) is 0 Å². The highest BCUT2D eigenvalue weighted by atomic mass is 31.2. The van der Waals surface area contributed by atoms with Crippen LogP contribution in [0.25, 0.3) is 0 Å². The Bertz CT molecular complexity index is 1210. The van der Waals surface area contributed by atoms with Gasteiger partial charge in [-0.15, -0.1) is 0 Å². The van der Waals surface area contributed by atoms with Crippen molar-refractivity contribution in [3.05, 3.63) is 85.1 Å². The minimum absolute atomic E-state index is 0.0329. The molecule has 0 aliphatic carbocycles. The molecule has 3 N–H and O–H groups in total. The molecule has 0 aromatic heterocycles. The van der Waals surface area contributed by atoms with E-state index in [4.69, 9.17) is 24.3 Å². The van der Waals surface area contributed by atoms with E-state index in [9.17, 15) is 19.0 Å². The van der Waals surface area contributed by atoms with E-state index in [0.29, 0.717) is 12.8 Å². The van der Waals surface area contributed by atoms with Crippen LogP contribution in [0.4, 0.5) is 0 Å². The molecule has 326 valence electrons. The summed E-state index contributed by atoms with van der Waals surface area (Å²) >= 11 is 0. The molecule has 10 heteroatoms. The van der Waals surface area contributed by atoms with Crippen molar-refractivity contribution < 1.29 is 37.6 Å². The van der Waals surface area contributed by atoms with Crippen molar-refractivity contribution in [1.82, 2.24) is 0 Å². The summed E-state index contributed by atoms with van der Waals surface area (Å²) in [6.45, 7) is 3.55. The summed E-state index contributed by atoms with van der Waals surface area (Å²) < 4.78 is 32.6. The third-order valence-corrected chi connectivity index (χ3v) is 9.75. The summed E-state index contributed by atoms with van der Waals surface area (Å²) in [6, 6.07) is 0. The maximum atomic E-state index is 12.5. The van der Waals surface area contributed by atoms with Gasteiger partial charge < -0.3 is 20.1 Å². The van der Waals surface area contributed by atoms with E-state index in [1.807, 2.05) is 12.2 Å². The van der Waals surface area contributed by atoms with Gasteiger partial charge in [0.15, 0.2) is 6.10 Å². The molecule has 57 heavy (non-hydrogen) atoms. The van der Waals surface area contributed by atoms with Gasteiger partial charge in [0.25, 0.3) is 0 Å². The standard InChI is InChI=1S/C47H80NO8P/c1-3-5-7-9-11-13-15-17-19-21-22-24-26-28-30-32-34-36-38-40-47(50)56-45(44-55-57(51,52)54-42-41-48)43-53-46(49)39-37-35-33-31-29-27-25-23-20-18-16-14-12-10-8-6-4-2/h11,13,17,19,22,24-25,27-28,30-31,33-34,36,45H,3-10,12,14-16,18,20-21,23,26,29,32,35,37-44,48H2,1-2H3,(H,51,52)/b13-11+,19-17+,24-22+,27-25+,30-28+,33-31+,36-34+/t45-/m1/s1. The molecule has 0 radical (unpaired) electrons. The average Bonchev–Trinajstić information content (AvgIpc) is 3.20. The first-order valence-corrected chi connectivity index (χ1v) is 23.6. The van der Waals surface area contributed by atoms with E-state index in [-0.39, 0.29) is 32.6 Å². The van der Waals surface area contributed by atoms with Gasteiger partial charge in [0.05, 0.1) is 13.2 Å². The summed E-state index contributed by atoms with van der Waals surface area (Å²) in [5.74, 6) is -0.985. The minimum Gasteiger partial charge on any atom is -0.462 e. The van der Waals surface area contributed by atoms with Crippen molar-refractivity contribution in [3.8, 4) is 0 Å². The first-order chi connectivity index (χ1) is 27.8.